The molecule has 1 spiro atoms. The van der Waals surface area contributed by atoms with Crippen molar-refractivity contribution in [1.29, 1.82) is 0 Å². The Morgan fingerprint density at radius 1 is 0.343 bits per heavy atom. The number of anilines is 2. The van der Waals surface area contributed by atoms with Gasteiger partial charge in [-0.2, -0.15) is 0 Å². The number of hydrogen-bond donors (Lipinski definition) is 0. The minimum absolute atomic E-state index is 0.563. The van der Waals surface area contributed by atoms with Crippen LogP contribution in [-0.2, 0) is 10.8 Å². The highest BCUT2D eigenvalue weighted by atomic mass is 16.3. The van der Waals surface area contributed by atoms with E-state index in [2.05, 4.69) is 260 Å². The number of rotatable bonds is 7. The molecular formula is C68H47NO. The topological polar surface area (TPSA) is 16.4 Å². The van der Waals surface area contributed by atoms with Crippen LogP contribution in [0.1, 0.15) is 62.9 Å². The van der Waals surface area contributed by atoms with Crippen LogP contribution in [0, 0.1) is 0 Å². The summed E-state index contributed by atoms with van der Waals surface area (Å²) >= 11 is 0. The van der Waals surface area contributed by atoms with Crippen LogP contribution in [0.25, 0.3) is 49.8 Å². The van der Waals surface area contributed by atoms with E-state index in [0.717, 1.165) is 51.7 Å². The molecule has 0 atom stereocenters. The first-order valence-electron chi connectivity index (χ1n) is 24.5. The maximum Gasteiger partial charge on any atom is 0.136 e. The average Bonchev–Trinajstić information content (AvgIpc) is 3.97. The van der Waals surface area contributed by atoms with E-state index in [4.69, 9.17) is 4.42 Å². The van der Waals surface area contributed by atoms with Crippen molar-refractivity contribution >= 4 is 38.9 Å². The van der Waals surface area contributed by atoms with Crippen molar-refractivity contribution in [1.82, 2.24) is 0 Å². The molecule has 2 heteroatoms. The van der Waals surface area contributed by atoms with Gasteiger partial charge in [0.25, 0.3) is 0 Å². The fourth-order valence-corrected chi connectivity index (χ4v) is 12.7. The Morgan fingerprint density at radius 3 is 1.53 bits per heavy atom. The van der Waals surface area contributed by atoms with Crippen LogP contribution in [0.5, 0.6) is 0 Å². The minimum atomic E-state index is -0.606. The first kappa shape index (κ1) is 40.4. The highest BCUT2D eigenvalue weighted by Gasteiger charge is 2.56. The lowest BCUT2D eigenvalue weighted by Gasteiger charge is -2.50. The first-order valence-corrected chi connectivity index (χ1v) is 24.5. The lowest BCUT2D eigenvalue weighted by atomic mass is 9.51. The highest BCUT2D eigenvalue weighted by molar-refractivity contribution is 6.12. The van der Waals surface area contributed by atoms with E-state index in [1.165, 1.54) is 78.0 Å². The van der Waals surface area contributed by atoms with Crippen LogP contribution >= 0.6 is 0 Å². The van der Waals surface area contributed by atoms with E-state index >= 15 is 0 Å². The van der Waals surface area contributed by atoms with Crippen molar-refractivity contribution in [2.45, 2.75) is 23.7 Å². The van der Waals surface area contributed by atoms with Gasteiger partial charge >= 0.3 is 0 Å². The number of fused-ring (bicyclic) bond motifs is 12. The maximum atomic E-state index is 6.34. The number of benzene rings is 10. The molecule has 11 aromatic rings. The zero-order chi connectivity index (χ0) is 46.2. The Kier molecular flexibility index (Phi) is 9.19. The highest BCUT2D eigenvalue weighted by Crippen LogP contribution is 2.65. The molecule has 0 saturated heterocycles. The Balaban J connectivity index is 0.999. The van der Waals surface area contributed by atoms with Crippen molar-refractivity contribution < 1.29 is 4.42 Å². The zero-order valence-corrected chi connectivity index (χ0v) is 38.6. The maximum absolute atomic E-state index is 6.34. The Morgan fingerprint density at radius 2 is 0.871 bits per heavy atom. The van der Waals surface area contributed by atoms with Crippen molar-refractivity contribution in [3.8, 4) is 22.3 Å². The van der Waals surface area contributed by atoms with E-state index in [1.54, 1.807) is 0 Å². The number of nitrogens with zero attached hydrogens (tertiary/aromatic N) is 1. The molecule has 1 aromatic heterocycles. The number of hydrogen-bond acceptors (Lipinski definition) is 2. The van der Waals surface area contributed by atoms with Crippen molar-refractivity contribution in [3.05, 3.63) is 317 Å². The molecule has 0 unspecified atom stereocenters. The zero-order valence-electron chi connectivity index (χ0n) is 38.6. The molecular weight excluding hydrogens is 847 g/mol. The summed E-state index contributed by atoms with van der Waals surface area (Å²) in [5.74, 6) is 0. The molecule has 0 radical (unpaired) electrons. The Bertz CT molecular complexity index is 3790. The van der Waals surface area contributed by atoms with Gasteiger partial charge in [-0.15, -0.1) is 0 Å². The van der Waals surface area contributed by atoms with Crippen molar-refractivity contribution in [2.75, 3.05) is 4.90 Å². The molecule has 0 aliphatic heterocycles. The Hall–Kier alpha value is -8.72. The van der Waals surface area contributed by atoms with Crippen LogP contribution in [0.4, 0.5) is 11.4 Å². The summed E-state index contributed by atoms with van der Waals surface area (Å²) in [5.41, 5.74) is 22.1. The van der Waals surface area contributed by atoms with Gasteiger partial charge in [-0.3, -0.25) is 0 Å². The van der Waals surface area contributed by atoms with Gasteiger partial charge in [-0.05, 0) is 133 Å². The van der Waals surface area contributed by atoms with Gasteiger partial charge in [0.1, 0.15) is 11.2 Å². The van der Waals surface area contributed by atoms with Crippen LogP contribution in [0.3, 0.4) is 0 Å². The van der Waals surface area contributed by atoms with Gasteiger partial charge in [0.15, 0.2) is 0 Å². The molecule has 1 heterocycles. The molecule has 0 bridgehead atoms. The van der Waals surface area contributed by atoms with Crippen LogP contribution in [-0.4, -0.2) is 0 Å². The predicted octanol–water partition coefficient (Wildman–Crippen LogP) is 17.2. The van der Waals surface area contributed by atoms with Crippen molar-refractivity contribution in [3.63, 3.8) is 0 Å². The first-order chi connectivity index (χ1) is 34.7. The SMILES string of the molecule is C1=C(c2ccccc2)CCC(N(c2ccc(-c3cccc4oc5ccccc5c34)cc2)c2ccc3c(c2)C2(c4ccccc4-3)c3ccccc3C(c3ccccc3)(c3ccccc3)c3ccccc32)=C1. The van der Waals surface area contributed by atoms with E-state index in [-0.39, 0.29) is 0 Å². The molecule has 3 aliphatic rings. The number of allylic oxidation sites excluding steroid dienone is 4. The van der Waals surface area contributed by atoms with Gasteiger partial charge < -0.3 is 9.32 Å². The molecule has 70 heavy (non-hydrogen) atoms. The molecule has 0 N–H and O–H groups in total. The molecule has 0 amide bonds. The van der Waals surface area contributed by atoms with Gasteiger partial charge in [0.05, 0.1) is 10.8 Å². The molecule has 3 aliphatic carbocycles. The summed E-state index contributed by atoms with van der Waals surface area (Å²) in [5, 5.41) is 2.28. The van der Waals surface area contributed by atoms with Gasteiger partial charge in [-0.1, -0.05) is 218 Å². The van der Waals surface area contributed by atoms with E-state index < -0.39 is 10.8 Å². The summed E-state index contributed by atoms with van der Waals surface area (Å²) in [7, 11) is 0. The third-order valence-corrected chi connectivity index (χ3v) is 15.6. The summed E-state index contributed by atoms with van der Waals surface area (Å²) in [6.45, 7) is 0. The normalized spacial score (nSPS) is 14.9. The molecule has 0 saturated carbocycles. The van der Waals surface area contributed by atoms with Gasteiger partial charge in [-0.25, -0.2) is 0 Å². The van der Waals surface area contributed by atoms with Gasteiger partial charge in [0.2, 0.25) is 0 Å². The third-order valence-electron chi connectivity index (χ3n) is 15.6. The number of para-hydroxylation sites is 1. The molecule has 14 rings (SSSR count). The van der Waals surface area contributed by atoms with Crippen LogP contribution < -0.4 is 4.90 Å². The second-order valence-corrected chi connectivity index (χ2v) is 19.0. The number of furan rings is 1. The smallest absolute Gasteiger partial charge is 0.136 e. The van der Waals surface area contributed by atoms with Crippen LogP contribution in [0.15, 0.2) is 271 Å². The minimum Gasteiger partial charge on any atom is -0.456 e. The summed E-state index contributed by atoms with van der Waals surface area (Å²) < 4.78 is 6.34. The fraction of sp³-hybridized carbons (Fsp3) is 0.0588. The second-order valence-electron chi connectivity index (χ2n) is 19.0. The van der Waals surface area contributed by atoms with Gasteiger partial charge in [0, 0.05) is 27.8 Å². The summed E-state index contributed by atoms with van der Waals surface area (Å²) in [6, 6.07) is 92.2. The fourth-order valence-electron chi connectivity index (χ4n) is 12.7. The van der Waals surface area contributed by atoms with Crippen LogP contribution in [0.2, 0.25) is 0 Å². The lowest BCUT2D eigenvalue weighted by molar-refractivity contribution is 0.623. The molecule has 2 nitrogen and oxygen atoms in total. The molecule has 10 aromatic carbocycles. The van der Waals surface area contributed by atoms with E-state index in [9.17, 15) is 0 Å². The van der Waals surface area contributed by atoms with Crippen molar-refractivity contribution in [2.24, 2.45) is 0 Å². The molecule has 0 fully saturated rings. The quantitative estimate of drug-likeness (QED) is 0.158. The summed E-state index contributed by atoms with van der Waals surface area (Å²) in [6.07, 6.45) is 6.54. The summed E-state index contributed by atoms with van der Waals surface area (Å²) in [4.78, 5) is 2.52. The van der Waals surface area contributed by atoms with E-state index in [0.29, 0.717) is 0 Å². The monoisotopic (exact) mass is 893 g/mol. The Labute approximate surface area is 408 Å². The lowest BCUT2D eigenvalue weighted by Crippen LogP contribution is -2.44. The largest absolute Gasteiger partial charge is 0.456 e. The predicted molar refractivity (Wildman–Crippen MR) is 289 cm³/mol. The average molecular weight is 894 g/mol. The second kappa shape index (κ2) is 15.9. The van der Waals surface area contributed by atoms with E-state index in [1.807, 2.05) is 6.07 Å². The standard InChI is InChI=1S/C68H47NO/c1-4-19-46(20-5-1)47-35-39-51(40-36-47)69(52-41-37-48(38-42-52)54-27-18-34-65-66(54)57-26-11-17-33-64(57)70-65)53-43-44-56-55-25-10-12-28-58(55)68(63(56)45-53)61-31-15-13-29-59(61)67(49-21-6-2-7-22-49,50-23-8-3-9-24-50)60-30-14-16-32-62(60)68/h1-35,37-39,41-45H,36,40H2. The molecule has 330 valence electrons. The third kappa shape index (κ3) is 5.80.